The van der Waals surface area contributed by atoms with Gasteiger partial charge in [0.15, 0.2) is 10.8 Å². The molecule has 3 heterocycles. The number of nitrogens with two attached hydrogens (primary N) is 1. The zero-order valence-corrected chi connectivity index (χ0v) is 18.6. The van der Waals surface area contributed by atoms with E-state index in [0.717, 1.165) is 61.9 Å². The Bertz CT molecular complexity index is 1090. The van der Waals surface area contributed by atoms with Crippen molar-refractivity contribution in [3.63, 3.8) is 0 Å². The summed E-state index contributed by atoms with van der Waals surface area (Å²) in [6, 6.07) is 11.1. The minimum atomic E-state index is -0.565. The summed E-state index contributed by atoms with van der Waals surface area (Å²) in [6.45, 7) is 6.19. The van der Waals surface area contributed by atoms with Crippen molar-refractivity contribution in [2.75, 3.05) is 42.5 Å². The van der Waals surface area contributed by atoms with Gasteiger partial charge >= 0.3 is 5.88 Å². The second-order valence-electron chi connectivity index (χ2n) is 7.43. The number of rotatable bonds is 8. The van der Waals surface area contributed by atoms with Gasteiger partial charge in [-0.15, -0.1) is 10.2 Å². The molecule has 0 spiro atoms. The van der Waals surface area contributed by atoms with Crippen LogP contribution in [0, 0.1) is 10.1 Å². The van der Waals surface area contributed by atoms with Crippen molar-refractivity contribution in [1.29, 1.82) is 0 Å². The van der Waals surface area contributed by atoms with E-state index >= 15 is 0 Å². The maximum Gasteiger partial charge on any atom is 0.433 e. The van der Waals surface area contributed by atoms with E-state index in [1.807, 2.05) is 12.1 Å². The molecular weight excluding hydrogens is 430 g/mol. The van der Waals surface area contributed by atoms with E-state index in [1.54, 1.807) is 6.07 Å². The highest BCUT2D eigenvalue weighted by Crippen LogP contribution is 2.32. The van der Waals surface area contributed by atoms with E-state index in [0.29, 0.717) is 16.6 Å². The molecule has 0 aliphatic carbocycles. The standard InChI is InChI=1S/C21H25N7O3S/c1-2-3-10-23-19(22)15-4-6-16(7-5-15)26-11-13-27(14-12-26)21-25-24-20(32-21)17-8-9-18(31-17)28(29)30/h4-9H,2-3,10-14H2,1H3,(H2,22,23). The summed E-state index contributed by atoms with van der Waals surface area (Å²) in [5.41, 5.74) is 8.18. The van der Waals surface area contributed by atoms with Crippen molar-refractivity contribution in [3.8, 4) is 10.8 Å². The molecule has 2 N–H and O–H groups in total. The lowest BCUT2D eigenvalue weighted by Crippen LogP contribution is -2.46. The van der Waals surface area contributed by atoms with Crippen LogP contribution in [0.5, 0.6) is 0 Å². The Morgan fingerprint density at radius 3 is 2.53 bits per heavy atom. The van der Waals surface area contributed by atoms with Gasteiger partial charge in [-0.25, -0.2) is 0 Å². The Hall–Kier alpha value is -3.47. The monoisotopic (exact) mass is 455 g/mol. The third-order valence-corrected chi connectivity index (χ3v) is 6.27. The molecule has 1 aliphatic heterocycles. The van der Waals surface area contributed by atoms with Crippen LogP contribution in [0.25, 0.3) is 10.8 Å². The Labute approximate surface area is 189 Å². The average molecular weight is 456 g/mol. The molecule has 168 valence electrons. The molecule has 1 fully saturated rings. The van der Waals surface area contributed by atoms with Crippen LogP contribution in [0.1, 0.15) is 25.3 Å². The number of benzene rings is 1. The second-order valence-corrected chi connectivity index (χ2v) is 8.38. The van der Waals surface area contributed by atoms with Crippen LogP contribution in [0.3, 0.4) is 0 Å². The van der Waals surface area contributed by atoms with Crippen LogP contribution in [-0.4, -0.2) is 53.7 Å². The molecule has 1 aromatic carbocycles. The first-order valence-corrected chi connectivity index (χ1v) is 11.3. The third-order valence-electron chi connectivity index (χ3n) is 5.27. The number of anilines is 2. The summed E-state index contributed by atoms with van der Waals surface area (Å²) in [5.74, 6) is 0.644. The highest BCUT2D eigenvalue weighted by molar-refractivity contribution is 7.18. The summed E-state index contributed by atoms with van der Waals surface area (Å²) in [4.78, 5) is 19.2. The van der Waals surface area contributed by atoms with E-state index in [4.69, 9.17) is 10.2 Å². The summed E-state index contributed by atoms with van der Waals surface area (Å²) in [7, 11) is 0. The van der Waals surface area contributed by atoms with E-state index in [-0.39, 0.29) is 5.88 Å². The lowest BCUT2D eigenvalue weighted by molar-refractivity contribution is -0.401. The number of nitro groups is 1. The number of furan rings is 1. The third kappa shape index (κ3) is 4.88. The van der Waals surface area contributed by atoms with Gasteiger partial charge in [-0.2, -0.15) is 0 Å². The van der Waals surface area contributed by atoms with Gasteiger partial charge in [0.05, 0.1) is 6.07 Å². The van der Waals surface area contributed by atoms with E-state index in [1.165, 1.54) is 17.4 Å². The van der Waals surface area contributed by atoms with Crippen molar-refractivity contribution in [1.82, 2.24) is 10.2 Å². The van der Waals surface area contributed by atoms with Crippen molar-refractivity contribution in [3.05, 3.63) is 52.1 Å². The number of amidine groups is 1. The molecule has 0 amide bonds. The molecule has 0 radical (unpaired) electrons. The second kappa shape index (κ2) is 9.77. The van der Waals surface area contributed by atoms with Crippen LogP contribution >= 0.6 is 11.3 Å². The largest absolute Gasteiger partial charge is 0.433 e. The molecule has 1 aliphatic rings. The Balaban J connectivity index is 1.35. The summed E-state index contributed by atoms with van der Waals surface area (Å²) in [5, 5.41) is 20.5. The van der Waals surface area contributed by atoms with E-state index in [9.17, 15) is 10.1 Å². The predicted molar refractivity (Wildman–Crippen MR) is 126 cm³/mol. The highest BCUT2D eigenvalue weighted by atomic mass is 32.1. The van der Waals surface area contributed by atoms with Gasteiger partial charge in [-0.1, -0.05) is 24.7 Å². The average Bonchev–Trinajstić information content (AvgIpc) is 3.49. The van der Waals surface area contributed by atoms with Gasteiger partial charge in [0.25, 0.3) is 0 Å². The zero-order valence-electron chi connectivity index (χ0n) is 17.8. The quantitative estimate of drug-likeness (QED) is 0.180. The summed E-state index contributed by atoms with van der Waals surface area (Å²) in [6.07, 6.45) is 2.14. The summed E-state index contributed by atoms with van der Waals surface area (Å²) >= 11 is 1.37. The zero-order chi connectivity index (χ0) is 22.5. The fraction of sp³-hybridized carbons (Fsp3) is 0.381. The molecule has 0 bridgehead atoms. The number of unbranched alkanes of at least 4 members (excludes halogenated alkanes) is 1. The van der Waals surface area contributed by atoms with Crippen molar-refractivity contribution >= 4 is 33.9 Å². The number of piperazine rings is 1. The van der Waals surface area contributed by atoms with Gasteiger partial charge in [0.2, 0.25) is 5.13 Å². The topological polar surface area (TPSA) is 127 Å². The maximum absolute atomic E-state index is 10.8. The normalized spacial score (nSPS) is 14.7. The SMILES string of the molecule is CCCCN=C(N)c1ccc(N2CCN(c3nnc(-c4ccc([N+](=O)[O-])o4)s3)CC2)cc1. The molecule has 4 rings (SSSR count). The van der Waals surface area contributed by atoms with Gasteiger partial charge in [0.1, 0.15) is 10.8 Å². The van der Waals surface area contributed by atoms with Gasteiger partial charge in [-0.3, -0.25) is 15.1 Å². The Morgan fingerprint density at radius 1 is 1.16 bits per heavy atom. The van der Waals surface area contributed by atoms with Crippen LogP contribution in [0.15, 0.2) is 45.8 Å². The summed E-state index contributed by atoms with van der Waals surface area (Å²) < 4.78 is 5.23. The molecule has 3 aromatic rings. The molecule has 32 heavy (non-hydrogen) atoms. The van der Waals surface area contributed by atoms with Gasteiger partial charge in [-0.05, 0) is 36.8 Å². The van der Waals surface area contributed by atoms with Crippen LogP contribution < -0.4 is 15.5 Å². The highest BCUT2D eigenvalue weighted by Gasteiger charge is 2.22. The molecule has 0 saturated carbocycles. The Morgan fingerprint density at radius 2 is 1.88 bits per heavy atom. The van der Waals surface area contributed by atoms with Crippen molar-refractivity contribution < 1.29 is 9.34 Å². The number of aromatic nitrogens is 2. The maximum atomic E-state index is 10.8. The molecule has 1 saturated heterocycles. The molecule has 10 nitrogen and oxygen atoms in total. The first-order chi connectivity index (χ1) is 15.5. The molecule has 0 atom stereocenters. The lowest BCUT2D eigenvalue weighted by Gasteiger charge is -2.35. The fourth-order valence-electron chi connectivity index (χ4n) is 3.43. The van der Waals surface area contributed by atoms with Crippen LogP contribution in [-0.2, 0) is 0 Å². The number of hydrogen-bond acceptors (Lipinski definition) is 9. The molecule has 11 heteroatoms. The van der Waals surface area contributed by atoms with E-state index in [2.05, 4.69) is 44.0 Å². The molecule has 2 aromatic heterocycles. The Kier molecular flexibility index (Phi) is 6.64. The van der Waals surface area contributed by atoms with Crippen LogP contribution in [0.4, 0.5) is 16.7 Å². The lowest BCUT2D eigenvalue weighted by atomic mass is 10.1. The van der Waals surface area contributed by atoms with Gasteiger partial charge < -0.3 is 20.0 Å². The molecular formula is C21H25N7O3S. The minimum absolute atomic E-state index is 0.301. The first kappa shape index (κ1) is 21.8. The first-order valence-electron chi connectivity index (χ1n) is 10.5. The van der Waals surface area contributed by atoms with Gasteiger partial charge in [0, 0.05) is 44.0 Å². The predicted octanol–water partition coefficient (Wildman–Crippen LogP) is 3.54. The fourth-order valence-corrected chi connectivity index (χ4v) is 4.29. The van der Waals surface area contributed by atoms with Crippen molar-refractivity contribution in [2.24, 2.45) is 10.7 Å². The number of hydrogen-bond donors (Lipinski definition) is 1. The van der Waals surface area contributed by atoms with Crippen molar-refractivity contribution in [2.45, 2.75) is 19.8 Å². The smallest absolute Gasteiger partial charge is 0.398 e. The molecule has 0 unspecified atom stereocenters. The van der Waals surface area contributed by atoms with Crippen LogP contribution in [0.2, 0.25) is 0 Å². The minimum Gasteiger partial charge on any atom is -0.398 e. The van der Waals surface area contributed by atoms with E-state index < -0.39 is 4.92 Å². The number of aliphatic imine (C=N–C) groups is 1. The number of nitrogens with zero attached hydrogens (tertiary/aromatic N) is 6.